The van der Waals surface area contributed by atoms with Crippen LogP contribution in [0.3, 0.4) is 0 Å². The summed E-state index contributed by atoms with van der Waals surface area (Å²) < 4.78 is 5.23. The number of fused-ring (bicyclic) bond motifs is 1. The molecule has 0 radical (unpaired) electrons. The number of nitrogens with one attached hydrogen (secondary N) is 1. The number of hydrogen-bond acceptors (Lipinski definition) is 6. The van der Waals surface area contributed by atoms with Crippen LogP contribution in [0.4, 0.5) is 5.82 Å². The summed E-state index contributed by atoms with van der Waals surface area (Å²) in [5, 5.41) is 8.42. The molecule has 0 bridgehead atoms. The van der Waals surface area contributed by atoms with E-state index in [1.54, 1.807) is 6.33 Å². The molecule has 0 spiro atoms. The molecular weight excluding hydrogens is 254 g/mol. The molecular formula is C14H21N5O. The Kier molecular flexibility index (Phi) is 3.82. The normalized spacial score (nSPS) is 19.4. The first-order valence-electron chi connectivity index (χ1n) is 7.32. The summed E-state index contributed by atoms with van der Waals surface area (Å²) in [6, 6.07) is 0. The number of nitrogens with zero attached hydrogens (tertiary/aromatic N) is 4. The molecule has 1 saturated heterocycles. The monoisotopic (exact) mass is 275 g/mol. The average Bonchev–Trinajstić information content (AvgIpc) is 2.88. The Morgan fingerprint density at radius 1 is 1.45 bits per heavy atom. The molecule has 1 N–H and O–H groups in total. The maximum absolute atomic E-state index is 5.23. The summed E-state index contributed by atoms with van der Waals surface area (Å²) in [5.41, 5.74) is 1.43. The predicted octanol–water partition coefficient (Wildman–Crippen LogP) is 1.75. The van der Waals surface area contributed by atoms with Gasteiger partial charge in [-0.25, -0.2) is 4.98 Å². The molecule has 1 aliphatic heterocycles. The molecule has 0 aliphatic carbocycles. The van der Waals surface area contributed by atoms with Crippen molar-refractivity contribution in [1.29, 1.82) is 0 Å². The second-order valence-corrected chi connectivity index (χ2v) is 5.40. The zero-order valence-electron chi connectivity index (χ0n) is 12.1. The lowest BCUT2D eigenvalue weighted by Gasteiger charge is -2.30. The fourth-order valence-electron chi connectivity index (χ4n) is 2.90. The third-order valence-corrected chi connectivity index (χ3v) is 3.98. The molecule has 6 nitrogen and oxygen atoms in total. The minimum absolute atomic E-state index is 0.577. The van der Waals surface area contributed by atoms with Gasteiger partial charge >= 0.3 is 0 Å². The van der Waals surface area contributed by atoms with Gasteiger partial charge in [0.2, 0.25) is 0 Å². The van der Waals surface area contributed by atoms with E-state index in [0.29, 0.717) is 11.6 Å². The first kappa shape index (κ1) is 13.3. The van der Waals surface area contributed by atoms with Crippen LogP contribution in [0.25, 0.3) is 11.1 Å². The third-order valence-electron chi connectivity index (χ3n) is 3.98. The van der Waals surface area contributed by atoms with Crippen molar-refractivity contribution in [1.82, 2.24) is 20.4 Å². The summed E-state index contributed by atoms with van der Waals surface area (Å²) in [5.74, 6) is 1.62. The van der Waals surface area contributed by atoms with E-state index in [4.69, 9.17) is 4.52 Å². The smallest absolute Gasteiger partial charge is 0.263 e. The van der Waals surface area contributed by atoms with Crippen molar-refractivity contribution in [3.05, 3.63) is 12.0 Å². The van der Waals surface area contributed by atoms with Crippen LogP contribution >= 0.6 is 0 Å². The van der Waals surface area contributed by atoms with Gasteiger partial charge in [-0.1, -0.05) is 5.16 Å². The van der Waals surface area contributed by atoms with Gasteiger partial charge in [0.25, 0.3) is 5.71 Å². The Morgan fingerprint density at radius 3 is 3.10 bits per heavy atom. The highest BCUT2D eigenvalue weighted by molar-refractivity contribution is 5.87. The van der Waals surface area contributed by atoms with Crippen molar-refractivity contribution in [3.63, 3.8) is 0 Å². The fourth-order valence-corrected chi connectivity index (χ4v) is 2.90. The number of rotatable bonds is 4. The van der Waals surface area contributed by atoms with Gasteiger partial charge in [0.05, 0.1) is 5.69 Å². The first-order chi connectivity index (χ1) is 9.79. The Morgan fingerprint density at radius 2 is 2.35 bits per heavy atom. The van der Waals surface area contributed by atoms with Crippen LogP contribution in [0.5, 0.6) is 0 Å². The molecule has 0 aromatic carbocycles. The van der Waals surface area contributed by atoms with Gasteiger partial charge in [-0.15, -0.1) is 0 Å². The SMILES string of the molecule is CCN(CC1CCCNC1)c1ncnc2onc(C)c12. The van der Waals surface area contributed by atoms with E-state index >= 15 is 0 Å². The first-order valence-corrected chi connectivity index (χ1v) is 7.32. The molecule has 1 unspecified atom stereocenters. The highest BCUT2D eigenvalue weighted by atomic mass is 16.5. The van der Waals surface area contributed by atoms with Crippen molar-refractivity contribution in [2.24, 2.45) is 5.92 Å². The number of aromatic nitrogens is 3. The summed E-state index contributed by atoms with van der Waals surface area (Å²) in [6.07, 6.45) is 4.10. The van der Waals surface area contributed by atoms with Gasteiger partial charge in [0, 0.05) is 13.1 Å². The summed E-state index contributed by atoms with van der Waals surface area (Å²) in [6.45, 7) is 8.27. The molecule has 3 rings (SSSR count). The molecule has 2 aromatic heterocycles. The van der Waals surface area contributed by atoms with E-state index in [2.05, 4.69) is 32.3 Å². The Labute approximate surface area is 118 Å². The Bertz CT molecular complexity index is 576. The second kappa shape index (κ2) is 5.75. The van der Waals surface area contributed by atoms with Crippen LogP contribution in [0.15, 0.2) is 10.9 Å². The second-order valence-electron chi connectivity index (χ2n) is 5.40. The lowest BCUT2D eigenvalue weighted by atomic mass is 9.99. The molecule has 20 heavy (non-hydrogen) atoms. The van der Waals surface area contributed by atoms with E-state index in [1.807, 2.05) is 6.92 Å². The predicted molar refractivity (Wildman–Crippen MR) is 77.8 cm³/mol. The van der Waals surface area contributed by atoms with Gasteiger partial charge in [-0.3, -0.25) is 0 Å². The maximum Gasteiger partial charge on any atom is 0.263 e. The minimum Gasteiger partial charge on any atom is -0.356 e. The van der Waals surface area contributed by atoms with Gasteiger partial charge in [0.1, 0.15) is 17.5 Å². The largest absolute Gasteiger partial charge is 0.356 e. The van der Waals surface area contributed by atoms with E-state index in [9.17, 15) is 0 Å². The summed E-state index contributed by atoms with van der Waals surface area (Å²) in [4.78, 5) is 10.9. The number of piperidine rings is 1. The van der Waals surface area contributed by atoms with Gasteiger partial charge in [0.15, 0.2) is 0 Å². The molecule has 0 amide bonds. The summed E-state index contributed by atoms with van der Waals surface area (Å²) in [7, 11) is 0. The van der Waals surface area contributed by atoms with Crippen LogP contribution in [0, 0.1) is 12.8 Å². The van der Waals surface area contributed by atoms with Crippen LogP contribution in [-0.2, 0) is 0 Å². The lowest BCUT2D eigenvalue weighted by Crippen LogP contribution is -2.38. The minimum atomic E-state index is 0.577. The topological polar surface area (TPSA) is 67.1 Å². The van der Waals surface area contributed by atoms with Crippen molar-refractivity contribution in [3.8, 4) is 0 Å². The lowest BCUT2D eigenvalue weighted by molar-refractivity contribution is 0.377. The average molecular weight is 275 g/mol. The number of anilines is 1. The number of aryl methyl sites for hydroxylation is 1. The van der Waals surface area contributed by atoms with Crippen LogP contribution in [-0.4, -0.2) is 41.3 Å². The zero-order valence-corrected chi connectivity index (χ0v) is 12.1. The quantitative estimate of drug-likeness (QED) is 0.917. The van der Waals surface area contributed by atoms with E-state index in [0.717, 1.165) is 43.1 Å². The summed E-state index contributed by atoms with van der Waals surface area (Å²) >= 11 is 0. The van der Waals surface area contributed by atoms with Gasteiger partial charge in [-0.05, 0) is 45.7 Å². The molecule has 1 fully saturated rings. The van der Waals surface area contributed by atoms with Crippen molar-refractivity contribution < 1.29 is 4.52 Å². The van der Waals surface area contributed by atoms with Crippen LogP contribution in [0.2, 0.25) is 0 Å². The molecule has 1 atom stereocenters. The molecule has 108 valence electrons. The standard InChI is InChI=1S/C14H21N5O/c1-3-19(8-11-5-4-6-15-7-11)13-12-10(2)18-20-14(12)17-9-16-13/h9,11,15H,3-8H2,1-2H3. The van der Waals surface area contributed by atoms with Crippen LogP contribution in [0.1, 0.15) is 25.5 Å². The Balaban J connectivity index is 1.88. The molecule has 1 aliphatic rings. The van der Waals surface area contributed by atoms with E-state index in [-0.39, 0.29) is 0 Å². The molecule has 3 heterocycles. The van der Waals surface area contributed by atoms with Gasteiger partial charge < -0.3 is 14.7 Å². The van der Waals surface area contributed by atoms with Crippen LogP contribution < -0.4 is 10.2 Å². The maximum atomic E-state index is 5.23. The Hall–Kier alpha value is -1.69. The fraction of sp³-hybridized carbons (Fsp3) is 0.643. The molecule has 0 saturated carbocycles. The zero-order chi connectivity index (χ0) is 13.9. The van der Waals surface area contributed by atoms with Gasteiger partial charge in [-0.2, -0.15) is 4.98 Å². The van der Waals surface area contributed by atoms with Crippen molar-refractivity contribution >= 4 is 16.9 Å². The van der Waals surface area contributed by atoms with E-state index in [1.165, 1.54) is 12.8 Å². The van der Waals surface area contributed by atoms with Crippen molar-refractivity contribution in [2.75, 3.05) is 31.1 Å². The van der Waals surface area contributed by atoms with E-state index < -0.39 is 0 Å². The highest BCUT2D eigenvalue weighted by Crippen LogP contribution is 2.27. The third kappa shape index (κ3) is 2.47. The highest BCUT2D eigenvalue weighted by Gasteiger charge is 2.21. The van der Waals surface area contributed by atoms with Crippen molar-refractivity contribution in [2.45, 2.75) is 26.7 Å². The molecule has 2 aromatic rings. The number of hydrogen-bond donors (Lipinski definition) is 1. The molecule has 6 heteroatoms.